The van der Waals surface area contributed by atoms with Crippen LogP contribution in [0.15, 0.2) is 35.1 Å². The van der Waals surface area contributed by atoms with Gasteiger partial charge in [-0.15, -0.1) is 0 Å². The normalized spacial score (nSPS) is 13.4. The zero-order valence-electron chi connectivity index (χ0n) is 17.5. The molecule has 2 atom stereocenters. The van der Waals surface area contributed by atoms with Crippen molar-refractivity contribution in [3.8, 4) is 34.5 Å². The fraction of sp³-hybridized carbons (Fsp3) is 0.238. The molecular weight excluding hydrogens is 444 g/mol. The molecule has 0 aliphatic carbocycles. The number of ether oxygens (including phenoxy) is 4. The van der Waals surface area contributed by atoms with E-state index in [-0.39, 0.29) is 16.6 Å². The highest BCUT2D eigenvalue weighted by Crippen LogP contribution is 2.36. The maximum absolute atomic E-state index is 12.4. The average molecular weight is 469 g/mol. The Balaban J connectivity index is 2.13. The first-order chi connectivity index (χ1) is 14.8. The number of phenolic OH excluding ortho intramolecular Hbond substituents is 2. The van der Waals surface area contributed by atoms with E-state index < -0.39 is 22.4 Å². The lowest BCUT2D eigenvalue weighted by molar-refractivity contribution is 0.383. The van der Waals surface area contributed by atoms with Crippen LogP contribution in [0, 0.1) is 0 Å². The average Bonchev–Trinajstić information content (AvgIpc) is 2.75. The van der Waals surface area contributed by atoms with Crippen molar-refractivity contribution in [2.24, 2.45) is 0 Å². The Bertz CT molecular complexity index is 819. The van der Waals surface area contributed by atoms with Gasteiger partial charge in [-0.1, -0.05) is 0 Å². The Kier molecular flexibility index (Phi) is 9.25. The molecule has 8 nitrogen and oxygen atoms in total. The summed E-state index contributed by atoms with van der Waals surface area (Å²) in [6.45, 7) is 0. The summed E-state index contributed by atoms with van der Waals surface area (Å²) in [5.41, 5.74) is 0.993. The molecule has 31 heavy (non-hydrogen) atoms. The largest absolute Gasteiger partial charge is 0.608 e. The molecule has 0 heterocycles. The van der Waals surface area contributed by atoms with Crippen molar-refractivity contribution in [3.63, 3.8) is 0 Å². The SMILES string of the molecule is COc1cc(O)cc(OC)c1/C=C/[S+]([O-])C[S+]([O-])/C=C/c1c(OC)cc(O)cc1OC. The fourth-order valence-corrected chi connectivity index (χ4v) is 4.78. The maximum atomic E-state index is 12.4. The lowest BCUT2D eigenvalue weighted by atomic mass is 10.1. The van der Waals surface area contributed by atoms with E-state index in [9.17, 15) is 19.3 Å². The molecule has 168 valence electrons. The standard InChI is InChI=1S/C21H24O8S2/c1-26-18-9-14(22)10-19(27-2)16(18)5-7-30(24)13-31(25)8-6-17-20(28-3)11-15(23)12-21(17)29-4/h5-12,22-23H,13H2,1-4H3/b7-5+,8-6+. The van der Waals surface area contributed by atoms with Crippen LogP contribution < -0.4 is 18.9 Å². The lowest BCUT2D eigenvalue weighted by Gasteiger charge is -2.12. The molecule has 10 heteroatoms. The molecule has 0 radical (unpaired) electrons. The third kappa shape index (κ3) is 6.66. The molecule has 0 amide bonds. The molecule has 2 rings (SSSR count). The topological polar surface area (TPSA) is 124 Å². The van der Waals surface area contributed by atoms with Crippen molar-refractivity contribution >= 4 is 34.5 Å². The van der Waals surface area contributed by atoms with Crippen LogP contribution >= 0.6 is 0 Å². The van der Waals surface area contributed by atoms with Crippen molar-refractivity contribution in [3.05, 3.63) is 46.2 Å². The van der Waals surface area contributed by atoms with Crippen molar-refractivity contribution in [1.29, 1.82) is 0 Å². The molecule has 0 saturated carbocycles. The van der Waals surface area contributed by atoms with E-state index >= 15 is 0 Å². The van der Waals surface area contributed by atoms with Crippen LogP contribution in [0.1, 0.15) is 11.1 Å². The highest BCUT2D eigenvalue weighted by Gasteiger charge is 2.16. The molecule has 2 aromatic rings. The summed E-state index contributed by atoms with van der Waals surface area (Å²) < 4.78 is 45.6. The van der Waals surface area contributed by atoms with E-state index in [1.165, 1.54) is 75.7 Å². The van der Waals surface area contributed by atoms with Crippen molar-refractivity contribution in [2.45, 2.75) is 0 Å². The molecule has 2 unspecified atom stereocenters. The quantitative estimate of drug-likeness (QED) is 0.510. The van der Waals surface area contributed by atoms with Gasteiger partial charge >= 0.3 is 0 Å². The van der Waals surface area contributed by atoms with E-state index in [0.717, 1.165) is 0 Å². The fourth-order valence-electron chi connectivity index (χ4n) is 2.66. The summed E-state index contributed by atoms with van der Waals surface area (Å²) in [4.78, 5) is 0. The minimum atomic E-state index is -1.56. The molecule has 0 aliphatic rings. The van der Waals surface area contributed by atoms with Gasteiger partial charge in [0.1, 0.15) is 45.3 Å². The van der Waals surface area contributed by atoms with Crippen molar-refractivity contribution in [1.82, 2.24) is 0 Å². The number of rotatable bonds is 10. The summed E-state index contributed by atoms with van der Waals surface area (Å²) >= 11 is -3.12. The smallest absolute Gasteiger partial charge is 0.262 e. The number of hydrogen-bond acceptors (Lipinski definition) is 8. The molecule has 0 bridgehead atoms. The molecule has 2 N–H and O–H groups in total. The minimum Gasteiger partial charge on any atom is -0.608 e. The molecule has 0 aliphatic heterocycles. The Morgan fingerprint density at radius 2 is 0.968 bits per heavy atom. The molecular formula is C21H24O8S2. The van der Waals surface area contributed by atoms with Gasteiger partial charge in [0.2, 0.25) is 0 Å². The second-order valence-electron chi connectivity index (χ2n) is 6.01. The minimum absolute atomic E-state index is 0.0294. The first-order valence-electron chi connectivity index (χ1n) is 8.83. The number of hydrogen-bond donors (Lipinski definition) is 2. The third-order valence-electron chi connectivity index (χ3n) is 4.06. The predicted octanol–water partition coefficient (Wildman–Crippen LogP) is 3.23. The van der Waals surface area contributed by atoms with Gasteiger partial charge in [-0.2, -0.15) is 0 Å². The summed E-state index contributed by atoms with van der Waals surface area (Å²) in [6.07, 6.45) is 3.06. The van der Waals surface area contributed by atoms with E-state index in [2.05, 4.69) is 0 Å². The summed E-state index contributed by atoms with van der Waals surface area (Å²) in [7, 11) is 5.75. The molecule has 0 spiro atoms. The van der Waals surface area contributed by atoms with Crippen LogP contribution in [0.4, 0.5) is 0 Å². The van der Waals surface area contributed by atoms with Crippen LogP contribution in [0.5, 0.6) is 34.5 Å². The van der Waals surface area contributed by atoms with Crippen molar-refractivity contribution < 1.29 is 38.3 Å². The van der Waals surface area contributed by atoms with E-state index in [1.807, 2.05) is 0 Å². The van der Waals surface area contributed by atoms with Gasteiger partial charge in [0, 0.05) is 58.8 Å². The molecule has 0 fully saturated rings. The first-order valence-corrected chi connectivity index (χ1v) is 11.6. The lowest BCUT2D eigenvalue weighted by Crippen LogP contribution is -2.12. The summed E-state index contributed by atoms with van der Waals surface area (Å²) in [5, 5.41) is 22.0. The molecule has 0 saturated heterocycles. The van der Waals surface area contributed by atoms with Crippen molar-refractivity contribution in [2.75, 3.05) is 33.5 Å². The third-order valence-corrected chi connectivity index (χ3v) is 6.80. The van der Waals surface area contributed by atoms with E-state index in [0.29, 0.717) is 34.1 Å². The van der Waals surface area contributed by atoms with Crippen LogP contribution in [-0.2, 0) is 22.4 Å². The number of methoxy groups -OCH3 is 4. The van der Waals surface area contributed by atoms with Crippen LogP contribution in [0.3, 0.4) is 0 Å². The Morgan fingerprint density at radius 3 is 1.23 bits per heavy atom. The van der Waals surface area contributed by atoms with Gasteiger partial charge in [-0.05, 0) is 0 Å². The Labute approximate surface area is 187 Å². The van der Waals surface area contributed by atoms with Gasteiger partial charge in [0.25, 0.3) is 5.08 Å². The molecule has 2 aromatic carbocycles. The second-order valence-corrected chi connectivity index (χ2v) is 9.02. The number of benzene rings is 2. The zero-order chi connectivity index (χ0) is 23.0. The van der Waals surface area contributed by atoms with Gasteiger partial charge < -0.3 is 38.3 Å². The van der Waals surface area contributed by atoms with E-state index in [4.69, 9.17) is 18.9 Å². The van der Waals surface area contributed by atoms with E-state index in [1.54, 1.807) is 0 Å². The van der Waals surface area contributed by atoms with Crippen LogP contribution in [0.2, 0.25) is 0 Å². The maximum Gasteiger partial charge on any atom is 0.262 e. The summed E-state index contributed by atoms with van der Waals surface area (Å²) in [6, 6.07) is 5.63. The van der Waals surface area contributed by atoms with Crippen LogP contribution in [-0.4, -0.2) is 52.8 Å². The number of phenols is 2. The first kappa shape index (κ1) is 24.6. The van der Waals surface area contributed by atoms with Gasteiger partial charge in [0.05, 0.1) is 39.6 Å². The highest BCUT2D eigenvalue weighted by molar-refractivity contribution is 8.10. The Hall–Kier alpha value is -2.66. The van der Waals surface area contributed by atoms with Gasteiger partial charge in [-0.3, -0.25) is 0 Å². The van der Waals surface area contributed by atoms with Gasteiger partial charge in [0.15, 0.2) is 0 Å². The van der Waals surface area contributed by atoms with Crippen LogP contribution in [0.25, 0.3) is 12.2 Å². The number of aromatic hydroxyl groups is 2. The monoisotopic (exact) mass is 468 g/mol. The zero-order valence-corrected chi connectivity index (χ0v) is 19.1. The predicted molar refractivity (Wildman–Crippen MR) is 122 cm³/mol. The van der Waals surface area contributed by atoms with Gasteiger partial charge in [-0.25, -0.2) is 0 Å². The molecule has 0 aromatic heterocycles. The summed E-state index contributed by atoms with van der Waals surface area (Å²) in [5.74, 6) is 1.32. The highest BCUT2D eigenvalue weighted by atomic mass is 32.3. The second kappa shape index (κ2) is 11.7. The Morgan fingerprint density at radius 1 is 0.677 bits per heavy atom.